The van der Waals surface area contributed by atoms with Crippen LogP contribution in [0.2, 0.25) is 0 Å². The van der Waals surface area contributed by atoms with Gasteiger partial charge >= 0.3 is 0 Å². The fourth-order valence-electron chi connectivity index (χ4n) is 2.94. The number of sulfone groups is 1. The number of hydrogen-bond donors (Lipinski definition) is 0. The molecular formula is C11H23BNO2S+. The normalized spacial score (nSPS) is 35.4. The molecular weight excluding hydrogens is 221 g/mol. The Hall–Kier alpha value is -0.0251. The molecule has 1 heterocycles. The average molecular weight is 244 g/mol. The molecule has 0 saturated carbocycles. The molecule has 0 bridgehead atoms. The molecule has 0 amide bonds. The molecule has 1 rings (SSSR count). The van der Waals surface area contributed by atoms with Crippen LogP contribution in [0.1, 0.15) is 20.3 Å². The lowest BCUT2D eigenvalue weighted by Crippen LogP contribution is -2.47. The largest absolute Gasteiger partial charge is 0.332 e. The van der Waals surface area contributed by atoms with Gasteiger partial charge in [-0.2, -0.15) is 0 Å². The number of quaternary nitrogens is 1. The summed E-state index contributed by atoms with van der Waals surface area (Å²) < 4.78 is 23.7. The predicted octanol–water partition coefficient (Wildman–Crippen LogP) is 0.650. The third-order valence-electron chi connectivity index (χ3n) is 4.01. The van der Waals surface area contributed by atoms with E-state index in [1.165, 1.54) is 6.26 Å². The second-order valence-electron chi connectivity index (χ2n) is 5.23. The van der Waals surface area contributed by atoms with Gasteiger partial charge in [0, 0.05) is 24.5 Å². The Labute approximate surface area is 101 Å². The van der Waals surface area contributed by atoms with Crippen LogP contribution in [-0.2, 0) is 9.84 Å². The maximum absolute atomic E-state index is 11.4. The van der Waals surface area contributed by atoms with Crippen molar-refractivity contribution in [3.63, 3.8) is 0 Å². The summed E-state index contributed by atoms with van der Waals surface area (Å²) in [6, 6.07) is 0. The molecule has 5 heteroatoms. The summed E-state index contributed by atoms with van der Waals surface area (Å²) in [5, 5.41) is 0. The smallest absolute Gasteiger partial charge is 0.149 e. The first kappa shape index (κ1) is 14.0. The van der Waals surface area contributed by atoms with Gasteiger partial charge in [-0.25, -0.2) is 8.42 Å². The Bertz CT molecular complexity index is 325. The van der Waals surface area contributed by atoms with Gasteiger partial charge in [0.05, 0.1) is 25.4 Å². The van der Waals surface area contributed by atoms with Crippen molar-refractivity contribution in [3.05, 3.63) is 0 Å². The predicted molar refractivity (Wildman–Crippen MR) is 68.1 cm³/mol. The van der Waals surface area contributed by atoms with Crippen LogP contribution >= 0.6 is 0 Å². The van der Waals surface area contributed by atoms with E-state index in [-0.39, 0.29) is 0 Å². The Balaban J connectivity index is 2.79. The lowest BCUT2D eigenvalue weighted by atomic mass is 9.96. The van der Waals surface area contributed by atoms with E-state index in [9.17, 15) is 8.42 Å². The Morgan fingerprint density at radius 1 is 1.25 bits per heavy atom. The lowest BCUT2D eigenvalue weighted by Gasteiger charge is -2.33. The van der Waals surface area contributed by atoms with Gasteiger partial charge in [0.25, 0.3) is 0 Å². The summed E-state index contributed by atoms with van der Waals surface area (Å²) in [5.74, 6) is 1.13. The molecule has 0 aromatic carbocycles. The minimum atomic E-state index is -2.87. The zero-order valence-electron chi connectivity index (χ0n) is 10.6. The molecule has 1 fully saturated rings. The van der Waals surface area contributed by atoms with E-state index in [1.807, 2.05) is 0 Å². The summed E-state index contributed by atoms with van der Waals surface area (Å²) in [6.07, 6.45) is 3.02. The highest BCUT2D eigenvalue weighted by atomic mass is 32.2. The molecule has 0 aromatic heterocycles. The topological polar surface area (TPSA) is 34.1 Å². The Kier molecular flexibility index (Phi) is 4.46. The first-order valence-corrected chi connectivity index (χ1v) is 8.14. The Morgan fingerprint density at radius 2 is 1.81 bits per heavy atom. The van der Waals surface area contributed by atoms with Gasteiger partial charge in [-0.15, -0.1) is 0 Å². The molecule has 16 heavy (non-hydrogen) atoms. The minimum Gasteiger partial charge on any atom is -0.332 e. The molecule has 0 N–H and O–H groups in total. The molecule has 3 unspecified atom stereocenters. The maximum atomic E-state index is 11.4. The quantitative estimate of drug-likeness (QED) is 0.525. The van der Waals surface area contributed by atoms with Crippen LogP contribution in [0.4, 0.5) is 0 Å². The van der Waals surface area contributed by atoms with Crippen molar-refractivity contribution in [1.29, 1.82) is 0 Å². The molecule has 1 saturated heterocycles. The highest BCUT2D eigenvalue weighted by molar-refractivity contribution is 7.90. The van der Waals surface area contributed by atoms with Crippen LogP contribution in [0.15, 0.2) is 0 Å². The summed E-state index contributed by atoms with van der Waals surface area (Å²) in [5.41, 5.74) is 0. The zero-order valence-corrected chi connectivity index (χ0v) is 11.5. The first-order chi connectivity index (χ1) is 7.36. The summed E-state index contributed by atoms with van der Waals surface area (Å²) in [4.78, 5) is 0. The highest BCUT2D eigenvalue weighted by Crippen LogP contribution is 2.32. The van der Waals surface area contributed by atoms with Crippen molar-refractivity contribution in [2.75, 3.05) is 38.1 Å². The van der Waals surface area contributed by atoms with E-state index in [2.05, 4.69) is 13.8 Å². The van der Waals surface area contributed by atoms with Crippen molar-refractivity contribution < 1.29 is 12.9 Å². The van der Waals surface area contributed by atoms with Crippen molar-refractivity contribution in [2.45, 2.75) is 20.3 Å². The first-order valence-electron chi connectivity index (χ1n) is 6.08. The SMILES string of the molecule is [B]C[N+]1(CC)CC(CC)C(CS(C)(=O)=O)C1. The fraction of sp³-hybridized carbons (Fsp3) is 1.00. The lowest BCUT2D eigenvalue weighted by molar-refractivity contribution is -0.907. The summed E-state index contributed by atoms with van der Waals surface area (Å²) >= 11 is 0. The van der Waals surface area contributed by atoms with Gasteiger partial charge in [-0.1, -0.05) is 6.92 Å². The van der Waals surface area contributed by atoms with Crippen LogP contribution in [-0.4, -0.2) is 58.8 Å². The molecule has 92 valence electrons. The van der Waals surface area contributed by atoms with Crippen LogP contribution in [0, 0.1) is 11.8 Å². The van der Waals surface area contributed by atoms with Crippen molar-refractivity contribution >= 4 is 17.7 Å². The van der Waals surface area contributed by atoms with Gasteiger partial charge in [0.2, 0.25) is 0 Å². The van der Waals surface area contributed by atoms with E-state index < -0.39 is 9.84 Å². The molecule has 0 aromatic rings. The van der Waals surface area contributed by atoms with Crippen LogP contribution in [0.3, 0.4) is 0 Å². The highest BCUT2D eigenvalue weighted by Gasteiger charge is 2.43. The van der Waals surface area contributed by atoms with Gasteiger partial charge < -0.3 is 4.48 Å². The third-order valence-corrected chi connectivity index (χ3v) is 5.04. The third kappa shape index (κ3) is 3.23. The van der Waals surface area contributed by atoms with Crippen molar-refractivity contribution in [3.8, 4) is 0 Å². The van der Waals surface area contributed by atoms with Gasteiger partial charge in [0.15, 0.2) is 0 Å². The van der Waals surface area contributed by atoms with Crippen LogP contribution in [0.25, 0.3) is 0 Å². The van der Waals surface area contributed by atoms with E-state index in [1.54, 1.807) is 0 Å². The summed E-state index contributed by atoms with van der Waals surface area (Å²) in [6.45, 7) is 7.27. The van der Waals surface area contributed by atoms with Crippen molar-refractivity contribution in [1.82, 2.24) is 0 Å². The van der Waals surface area contributed by atoms with E-state index in [4.69, 9.17) is 7.85 Å². The minimum absolute atomic E-state index is 0.295. The molecule has 3 atom stereocenters. The van der Waals surface area contributed by atoms with Gasteiger partial charge in [0.1, 0.15) is 17.7 Å². The molecule has 2 radical (unpaired) electrons. The maximum Gasteiger partial charge on any atom is 0.149 e. The fourth-order valence-corrected chi connectivity index (χ4v) is 4.10. The second-order valence-corrected chi connectivity index (χ2v) is 7.41. The van der Waals surface area contributed by atoms with E-state index in [0.29, 0.717) is 24.0 Å². The molecule has 0 aliphatic carbocycles. The molecule has 1 aliphatic heterocycles. The number of hydrogen-bond acceptors (Lipinski definition) is 2. The average Bonchev–Trinajstić information content (AvgIpc) is 2.54. The number of likely N-dealkylation sites (tertiary alicyclic amines) is 1. The Morgan fingerprint density at radius 3 is 2.19 bits per heavy atom. The monoisotopic (exact) mass is 244 g/mol. The van der Waals surface area contributed by atoms with E-state index >= 15 is 0 Å². The van der Waals surface area contributed by atoms with Gasteiger partial charge in [-0.05, 0) is 13.3 Å². The zero-order chi connectivity index (χ0) is 12.4. The second kappa shape index (κ2) is 5.09. The van der Waals surface area contributed by atoms with Crippen LogP contribution < -0.4 is 0 Å². The van der Waals surface area contributed by atoms with Crippen LogP contribution in [0.5, 0.6) is 0 Å². The van der Waals surface area contributed by atoms with Gasteiger partial charge in [-0.3, -0.25) is 0 Å². The number of nitrogens with zero attached hydrogens (tertiary/aromatic N) is 1. The standard InChI is InChI=1S/C11H23BNO2S/c1-4-10-6-13(5-2,9-12)7-11(10)8-16(3,14)15/h10-11H,4-9H2,1-3H3/q+1. The summed E-state index contributed by atoms with van der Waals surface area (Å²) in [7, 11) is 2.98. The van der Waals surface area contributed by atoms with Crippen molar-refractivity contribution in [2.24, 2.45) is 11.8 Å². The molecule has 0 spiro atoms. The number of rotatable bonds is 5. The molecule has 3 nitrogen and oxygen atoms in total. The molecule has 1 aliphatic rings. The van der Waals surface area contributed by atoms with E-state index in [0.717, 1.165) is 30.5 Å².